The average molecular weight is 367 g/mol. The fourth-order valence-electron chi connectivity index (χ4n) is 1.73. The number of ether oxygens (including phenoxy) is 1. The number of aliphatic hydroxyl groups is 1. The predicted octanol–water partition coefficient (Wildman–Crippen LogP) is 4.48. The van der Waals surface area contributed by atoms with Crippen LogP contribution in [0.3, 0.4) is 0 Å². The van der Waals surface area contributed by atoms with Gasteiger partial charge in [-0.25, -0.2) is 0 Å². The highest BCUT2D eigenvalue weighted by Gasteiger charge is 2.24. The minimum absolute atomic E-state index is 0.0947. The summed E-state index contributed by atoms with van der Waals surface area (Å²) in [4.78, 5) is 0.853. The number of unbranched alkanes of at least 4 members (excludes halogenated alkanes) is 1. The van der Waals surface area contributed by atoms with Gasteiger partial charge in [-0.05, 0) is 60.1 Å². The Bertz CT molecular complexity index is 565. The van der Waals surface area contributed by atoms with Crippen LogP contribution in [0.4, 0.5) is 0 Å². The molecule has 0 radical (unpaired) electrons. The van der Waals surface area contributed by atoms with E-state index in [0.717, 1.165) is 24.3 Å². The third-order valence-electron chi connectivity index (χ3n) is 3.90. The molecule has 0 aliphatic carbocycles. The Hall–Kier alpha value is -1.15. The van der Waals surface area contributed by atoms with Crippen molar-refractivity contribution >= 4 is 10.8 Å². The second-order valence-corrected chi connectivity index (χ2v) is 8.40. The summed E-state index contributed by atoms with van der Waals surface area (Å²) in [6.07, 6.45) is 1.80. The van der Waals surface area contributed by atoms with Crippen molar-refractivity contribution in [2.45, 2.75) is 83.2 Å². The molecule has 3 unspecified atom stereocenters. The van der Waals surface area contributed by atoms with Crippen LogP contribution >= 0.6 is 0 Å². The molecule has 1 rings (SSSR count). The van der Waals surface area contributed by atoms with Gasteiger partial charge in [0.2, 0.25) is 0 Å². The fourth-order valence-corrected chi connectivity index (χ4v) is 2.77. The molecule has 1 aromatic carbocycles. The highest BCUT2D eigenvalue weighted by atomic mass is 32.2. The van der Waals surface area contributed by atoms with Crippen molar-refractivity contribution < 1.29 is 14.1 Å². The Labute approximate surface area is 156 Å². The number of aliphatic hydroxyl groups excluding tert-OH is 1. The molecular formula is C21H34O3S. The van der Waals surface area contributed by atoms with Crippen molar-refractivity contribution in [1.29, 1.82) is 0 Å². The van der Waals surface area contributed by atoms with Crippen molar-refractivity contribution in [3.63, 3.8) is 0 Å². The zero-order chi connectivity index (χ0) is 19.5. The van der Waals surface area contributed by atoms with Crippen molar-refractivity contribution in [1.82, 2.24) is 0 Å². The van der Waals surface area contributed by atoms with E-state index in [9.17, 15) is 9.32 Å². The third-order valence-corrected chi connectivity index (χ3v) is 5.40. The van der Waals surface area contributed by atoms with Gasteiger partial charge in [-0.1, -0.05) is 37.0 Å². The summed E-state index contributed by atoms with van der Waals surface area (Å²) in [5, 5.41) is 9.16. The summed E-state index contributed by atoms with van der Waals surface area (Å²) in [7, 11) is -1.01. The van der Waals surface area contributed by atoms with Crippen molar-refractivity contribution in [2.75, 3.05) is 6.61 Å². The van der Waals surface area contributed by atoms with Crippen LogP contribution in [0, 0.1) is 18.8 Å². The summed E-state index contributed by atoms with van der Waals surface area (Å²) in [6.45, 7) is 14.1. The lowest BCUT2D eigenvalue weighted by Crippen LogP contribution is -2.37. The summed E-state index contributed by atoms with van der Waals surface area (Å²) in [5.74, 6) is 5.69. The van der Waals surface area contributed by atoms with Crippen LogP contribution in [-0.2, 0) is 15.5 Å². The molecule has 0 aromatic heterocycles. The first-order valence-electron chi connectivity index (χ1n) is 8.87. The molecule has 3 atom stereocenters. The molecule has 0 amide bonds. The highest BCUT2D eigenvalue weighted by molar-refractivity contribution is 7.86. The molecule has 0 bridgehead atoms. The molecule has 0 aliphatic rings. The Morgan fingerprint density at radius 3 is 2.24 bits per heavy atom. The molecule has 25 heavy (non-hydrogen) atoms. The van der Waals surface area contributed by atoms with E-state index in [2.05, 4.69) is 18.8 Å². The molecule has 1 aromatic rings. The smallest absolute Gasteiger partial charge is 0.0974 e. The number of hydrogen-bond acceptors (Lipinski definition) is 3. The standard InChI is InChI=1S/C12H14OS.C9H20O2/c1-4-5-11(3)14(13)12-8-6-10(2)7-9-12;1-5-6-7-11-9(3,4)8(2)10/h6-9,11H,1-3H3;8,10H,5-7H2,1-4H3. The monoisotopic (exact) mass is 366 g/mol. The van der Waals surface area contributed by atoms with Gasteiger partial charge >= 0.3 is 0 Å². The van der Waals surface area contributed by atoms with Crippen molar-refractivity contribution in [3.05, 3.63) is 29.8 Å². The first-order chi connectivity index (χ1) is 11.7. The predicted molar refractivity (Wildman–Crippen MR) is 107 cm³/mol. The molecule has 0 aliphatic heterocycles. The van der Waals surface area contributed by atoms with Crippen LogP contribution in [0.1, 0.15) is 59.9 Å². The van der Waals surface area contributed by atoms with Gasteiger partial charge in [0.1, 0.15) is 0 Å². The van der Waals surface area contributed by atoms with E-state index in [1.54, 1.807) is 13.8 Å². The first kappa shape index (κ1) is 23.9. The van der Waals surface area contributed by atoms with Gasteiger partial charge in [0.25, 0.3) is 0 Å². The van der Waals surface area contributed by atoms with E-state index in [1.165, 1.54) is 5.56 Å². The van der Waals surface area contributed by atoms with Gasteiger partial charge in [-0.15, -0.1) is 5.92 Å². The fraction of sp³-hybridized carbons (Fsp3) is 0.619. The number of benzene rings is 1. The number of rotatable bonds is 7. The minimum Gasteiger partial charge on any atom is -0.390 e. The van der Waals surface area contributed by atoms with Crippen LogP contribution in [-0.4, -0.2) is 32.9 Å². The Kier molecular flexibility index (Phi) is 11.7. The van der Waals surface area contributed by atoms with E-state index >= 15 is 0 Å². The Morgan fingerprint density at radius 1 is 1.24 bits per heavy atom. The second-order valence-electron chi connectivity index (χ2n) is 6.63. The lowest BCUT2D eigenvalue weighted by atomic mass is 10.0. The molecular weight excluding hydrogens is 332 g/mol. The lowest BCUT2D eigenvalue weighted by molar-refractivity contribution is -0.0937. The second kappa shape index (κ2) is 12.2. The minimum atomic E-state index is -1.01. The van der Waals surface area contributed by atoms with Crippen molar-refractivity contribution in [2.24, 2.45) is 0 Å². The third kappa shape index (κ3) is 9.79. The normalized spacial score (nSPS) is 14.4. The molecule has 142 valence electrons. The van der Waals surface area contributed by atoms with Gasteiger partial charge in [0.05, 0.1) is 27.8 Å². The van der Waals surface area contributed by atoms with Crippen LogP contribution in [0.2, 0.25) is 0 Å². The summed E-state index contributed by atoms with van der Waals surface area (Å²) < 4.78 is 17.3. The van der Waals surface area contributed by atoms with E-state index < -0.39 is 22.5 Å². The SMILES string of the molecule is CC#CC(C)S(=O)c1ccc(C)cc1.CCCCOC(C)(C)C(C)O. The summed E-state index contributed by atoms with van der Waals surface area (Å²) in [6, 6.07) is 7.75. The zero-order valence-corrected chi connectivity index (χ0v) is 17.6. The summed E-state index contributed by atoms with van der Waals surface area (Å²) in [5.41, 5.74) is 0.787. The first-order valence-corrected chi connectivity index (χ1v) is 10.1. The number of aryl methyl sites for hydroxylation is 1. The maximum Gasteiger partial charge on any atom is 0.0974 e. The molecule has 3 nitrogen and oxygen atoms in total. The highest BCUT2D eigenvalue weighted by Crippen LogP contribution is 2.14. The largest absolute Gasteiger partial charge is 0.390 e. The van der Waals surface area contributed by atoms with Gasteiger partial charge in [-0.3, -0.25) is 4.21 Å². The van der Waals surface area contributed by atoms with Gasteiger partial charge in [-0.2, -0.15) is 0 Å². The van der Waals surface area contributed by atoms with Crippen LogP contribution < -0.4 is 0 Å². The quantitative estimate of drug-likeness (QED) is 0.572. The molecule has 4 heteroatoms. The van der Waals surface area contributed by atoms with Crippen molar-refractivity contribution in [3.8, 4) is 11.8 Å². The van der Waals surface area contributed by atoms with Crippen LogP contribution in [0.15, 0.2) is 29.2 Å². The maximum absolute atomic E-state index is 11.9. The topological polar surface area (TPSA) is 46.5 Å². The van der Waals surface area contributed by atoms with E-state index in [4.69, 9.17) is 4.74 Å². The molecule has 0 saturated heterocycles. The molecule has 1 N–H and O–H groups in total. The average Bonchev–Trinajstić information content (AvgIpc) is 2.55. The van der Waals surface area contributed by atoms with E-state index in [1.807, 2.05) is 52.0 Å². The maximum atomic E-state index is 11.9. The van der Waals surface area contributed by atoms with Gasteiger partial charge in [0.15, 0.2) is 0 Å². The van der Waals surface area contributed by atoms with Gasteiger partial charge in [0, 0.05) is 11.5 Å². The number of hydrogen-bond donors (Lipinski definition) is 1. The lowest BCUT2D eigenvalue weighted by Gasteiger charge is -2.28. The Balaban J connectivity index is 0.000000477. The Morgan fingerprint density at radius 2 is 1.80 bits per heavy atom. The van der Waals surface area contributed by atoms with Gasteiger partial charge < -0.3 is 9.84 Å². The van der Waals surface area contributed by atoms with Crippen LogP contribution in [0.5, 0.6) is 0 Å². The molecule has 0 fully saturated rings. The zero-order valence-electron chi connectivity index (χ0n) is 16.8. The van der Waals surface area contributed by atoms with E-state index in [0.29, 0.717) is 0 Å². The molecule has 0 saturated carbocycles. The summed E-state index contributed by atoms with van der Waals surface area (Å²) >= 11 is 0. The molecule has 0 heterocycles. The molecule has 0 spiro atoms. The van der Waals surface area contributed by atoms with E-state index in [-0.39, 0.29) is 5.25 Å². The van der Waals surface area contributed by atoms with Crippen LogP contribution in [0.25, 0.3) is 0 Å².